The molecule has 0 radical (unpaired) electrons. The van der Waals surface area contributed by atoms with Crippen LogP contribution < -0.4 is 0 Å². The average Bonchev–Trinajstić information content (AvgIpc) is 2.49. The number of hydrogen-bond acceptors (Lipinski definition) is 4. The molecule has 0 aliphatic carbocycles. The molecule has 0 saturated heterocycles. The molecule has 0 bridgehead atoms. The maximum absolute atomic E-state index is 12.4. The molecule has 0 aliphatic heterocycles. The lowest BCUT2D eigenvalue weighted by Crippen LogP contribution is -2.45. The van der Waals surface area contributed by atoms with Crippen molar-refractivity contribution in [1.29, 1.82) is 0 Å². The summed E-state index contributed by atoms with van der Waals surface area (Å²) >= 11 is 0. The Morgan fingerprint density at radius 1 is 1.12 bits per heavy atom. The molecule has 1 aromatic carbocycles. The van der Waals surface area contributed by atoms with E-state index in [-0.39, 0.29) is 25.3 Å². The van der Waals surface area contributed by atoms with Gasteiger partial charge >= 0.3 is 11.9 Å². The first-order chi connectivity index (χ1) is 11.1. The molecule has 1 unspecified atom stereocenters. The topological polar surface area (TPSA) is 83.9 Å². The van der Waals surface area contributed by atoms with E-state index in [0.29, 0.717) is 0 Å². The van der Waals surface area contributed by atoms with Crippen LogP contribution >= 0.6 is 0 Å². The molecule has 6 heteroatoms. The summed E-state index contributed by atoms with van der Waals surface area (Å²) in [5.74, 6) is -1.95. The standard InChI is InChI=1S/C18H25NO5/c1-13(17(23)24-18(2,3)4)19(15(20)10-11-16(21)22)12-14-8-6-5-7-9-14/h5-9,13H,10-12H2,1-4H3,(H,21,22). The third-order valence-electron chi connectivity index (χ3n) is 3.28. The molecular formula is C18H25NO5. The Morgan fingerprint density at radius 3 is 2.21 bits per heavy atom. The largest absolute Gasteiger partial charge is 0.481 e. The summed E-state index contributed by atoms with van der Waals surface area (Å²) < 4.78 is 5.34. The number of ether oxygens (including phenoxy) is 1. The second kappa shape index (κ2) is 8.47. The summed E-state index contributed by atoms with van der Waals surface area (Å²) in [6.07, 6.45) is -0.430. The van der Waals surface area contributed by atoms with E-state index in [0.717, 1.165) is 5.56 Å². The maximum Gasteiger partial charge on any atom is 0.329 e. The van der Waals surface area contributed by atoms with E-state index in [4.69, 9.17) is 9.84 Å². The fourth-order valence-electron chi connectivity index (χ4n) is 2.09. The number of carbonyl (C=O) groups is 3. The first kappa shape index (κ1) is 19.7. The molecule has 0 aliphatic rings. The number of rotatable bonds is 7. The zero-order valence-corrected chi connectivity index (χ0v) is 14.6. The predicted octanol–water partition coefficient (Wildman–Crippen LogP) is 2.61. The van der Waals surface area contributed by atoms with E-state index in [9.17, 15) is 14.4 Å². The van der Waals surface area contributed by atoms with E-state index < -0.39 is 23.6 Å². The van der Waals surface area contributed by atoms with Crippen molar-refractivity contribution in [1.82, 2.24) is 4.90 Å². The summed E-state index contributed by atoms with van der Waals surface area (Å²) in [5.41, 5.74) is 0.199. The van der Waals surface area contributed by atoms with Crippen LogP contribution in [0.25, 0.3) is 0 Å². The van der Waals surface area contributed by atoms with Crippen molar-refractivity contribution in [3.05, 3.63) is 35.9 Å². The van der Waals surface area contributed by atoms with Gasteiger partial charge in [-0.2, -0.15) is 0 Å². The maximum atomic E-state index is 12.4. The highest BCUT2D eigenvalue weighted by Gasteiger charge is 2.30. The van der Waals surface area contributed by atoms with Gasteiger partial charge in [-0.15, -0.1) is 0 Å². The quantitative estimate of drug-likeness (QED) is 0.774. The van der Waals surface area contributed by atoms with Crippen LogP contribution in [0.15, 0.2) is 30.3 Å². The van der Waals surface area contributed by atoms with Crippen molar-refractivity contribution in [2.45, 2.75) is 58.7 Å². The molecule has 0 saturated carbocycles. The molecule has 132 valence electrons. The van der Waals surface area contributed by atoms with Crippen molar-refractivity contribution in [3.8, 4) is 0 Å². The predicted molar refractivity (Wildman–Crippen MR) is 89.2 cm³/mol. The van der Waals surface area contributed by atoms with Gasteiger partial charge in [-0.3, -0.25) is 9.59 Å². The lowest BCUT2D eigenvalue weighted by Gasteiger charge is -2.30. The summed E-state index contributed by atoms with van der Waals surface area (Å²) in [6, 6.07) is 8.43. The van der Waals surface area contributed by atoms with Gasteiger partial charge in [-0.05, 0) is 33.3 Å². The van der Waals surface area contributed by atoms with Gasteiger partial charge in [-0.1, -0.05) is 30.3 Å². The first-order valence-corrected chi connectivity index (χ1v) is 7.88. The Hall–Kier alpha value is -2.37. The molecule has 0 heterocycles. The number of hydrogen-bond donors (Lipinski definition) is 1. The Morgan fingerprint density at radius 2 is 1.71 bits per heavy atom. The van der Waals surface area contributed by atoms with Gasteiger partial charge in [0.05, 0.1) is 6.42 Å². The number of amides is 1. The minimum Gasteiger partial charge on any atom is -0.481 e. The summed E-state index contributed by atoms with van der Waals surface area (Å²) in [7, 11) is 0. The van der Waals surface area contributed by atoms with Crippen LogP contribution in [0.1, 0.15) is 46.1 Å². The van der Waals surface area contributed by atoms with Gasteiger partial charge in [0.25, 0.3) is 0 Å². The van der Waals surface area contributed by atoms with Crippen molar-refractivity contribution < 1.29 is 24.2 Å². The fourth-order valence-corrected chi connectivity index (χ4v) is 2.09. The van der Waals surface area contributed by atoms with Gasteiger partial charge in [-0.25, -0.2) is 4.79 Å². The Labute approximate surface area is 142 Å². The van der Waals surface area contributed by atoms with Crippen molar-refractivity contribution in [2.24, 2.45) is 0 Å². The SMILES string of the molecule is CC(C(=O)OC(C)(C)C)N(Cc1ccccc1)C(=O)CCC(=O)O. The lowest BCUT2D eigenvalue weighted by atomic mass is 10.1. The molecule has 24 heavy (non-hydrogen) atoms. The van der Waals surface area contributed by atoms with Crippen LogP contribution in [0, 0.1) is 0 Å². The zero-order chi connectivity index (χ0) is 18.3. The second-order valence-electron chi connectivity index (χ2n) is 6.61. The number of carboxylic acid groups (broad SMARTS) is 1. The number of esters is 1. The van der Waals surface area contributed by atoms with Crippen molar-refractivity contribution in [3.63, 3.8) is 0 Å². The molecular weight excluding hydrogens is 310 g/mol. The fraction of sp³-hybridized carbons (Fsp3) is 0.500. The van der Waals surface area contributed by atoms with Crippen LogP contribution in [0.5, 0.6) is 0 Å². The summed E-state index contributed by atoms with van der Waals surface area (Å²) in [6.45, 7) is 7.08. The lowest BCUT2D eigenvalue weighted by molar-refractivity contribution is -0.164. The molecule has 0 aromatic heterocycles. The molecule has 0 spiro atoms. The molecule has 1 rings (SSSR count). The first-order valence-electron chi connectivity index (χ1n) is 7.88. The molecule has 1 atom stereocenters. The van der Waals surface area contributed by atoms with Gasteiger partial charge < -0.3 is 14.7 Å². The molecule has 1 aromatic rings. The van der Waals surface area contributed by atoms with Gasteiger partial charge in [0.15, 0.2) is 0 Å². The van der Waals surface area contributed by atoms with Crippen LogP contribution in [0.4, 0.5) is 0 Å². The van der Waals surface area contributed by atoms with Crippen LogP contribution in [0.3, 0.4) is 0 Å². The van der Waals surface area contributed by atoms with E-state index >= 15 is 0 Å². The minimum atomic E-state index is -1.05. The summed E-state index contributed by atoms with van der Waals surface area (Å²) in [5, 5.41) is 8.77. The van der Waals surface area contributed by atoms with E-state index in [1.54, 1.807) is 27.7 Å². The third kappa shape index (κ3) is 6.81. The van der Waals surface area contributed by atoms with Crippen molar-refractivity contribution >= 4 is 17.8 Å². The Balaban J connectivity index is 2.92. The van der Waals surface area contributed by atoms with E-state index in [2.05, 4.69) is 0 Å². The molecule has 0 fully saturated rings. The van der Waals surface area contributed by atoms with E-state index in [1.807, 2.05) is 30.3 Å². The normalized spacial score (nSPS) is 12.3. The minimum absolute atomic E-state index is 0.157. The van der Waals surface area contributed by atoms with Crippen molar-refractivity contribution in [2.75, 3.05) is 0 Å². The van der Waals surface area contributed by atoms with Crippen LogP contribution in [-0.2, 0) is 25.7 Å². The second-order valence-corrected chi connectivity index (χ2v) is 6.61. The van der Waals surface area contributed by atoms with Crippen LogP contribution in [-0.4, -0.2) is 39.5 Å². The number of aliphatic carboxylic acids is 1. The smallest absolute Gasteiger partial charge is 0.329 e. The highest BCUT2D eigenvalue weighted by atomic mass is 16.6. The third-order valence-corrected chi connectivity index (χ3v) is 3.28. The number of nitrogens with zero attached hydrogens (tertiary/aromatic N) is 1. The average molecular weight is 335 g/mol. The van der Waals surface area contributed by atoms with Gasteiger partial charge in [0.2, 0.25) is 5.91 Å². The van der Waals surface area contributed by atoms with Crippen LogP contribution in [0.2, 0.25) is 0 Å². The molecule has 6 nitrogen and oxygen atoms in total. The Kier molecular flexibility index (Phi) is 6.95. The monoisotopic (exact) mass is 335 g/mol. The number of carboxylic acids is 1. The Bertz CT molecular complexity index is 577. The molecule has 1 N–H and O–H groups in total. The van der Waals surface area contributed by atoms with Gasteiger partial charge in [0, 0.05) is 13.0 Å². The number of carbonyl (C=O) groups excluding carboxylic acids is 2. The van der Waals surface area contributed by atoms with E-state index in [1.165, 1.54) is 4.90 Å². The highest BCUT2D eigenvalue weighted by Crippen LogP contribution is 2.15. The zero-order valence-electron chi connectivity index (χ0n) is 14.6. The number of benzene rings is 1. The van der Waals surface area contributed by atoms with Gasteiger partial charge in [0.1, 0.15) is 11.6 Å². The molecule has 1 amide bonds. The summed E-state index contributed by atoms with van der Waals surface area (Å²) in [4.78, 5) is 36.8. The highest BCUT2D eigenvalue weighted by molar-refractivity contribution is 5.86.